The number of rotatable bonds is 1. The van der Waals surface area contributed by atoms with E-state index in [9.17, 15) is 5.11 Å². The van der Waals surface area contributed by atoms with Crippen LogP contribution in [0, 0.1) is 0 Å². The Morgan fingerprint density at radius 1 is 1.08 bits per heavy atom. The molecule has 72 valence electrons. The summed E-state index contributed by atoms with van der Waals surface area (Å²) in [6.07, 6.45) is -4.95. The quantitative estimate of drug-likeness (QED) is 0.367. The molecule has 0 aromatic rings. The van der Waals surface area contributed by atoms with Crippen LogP contribution >= 0.6 is 11.6 Å². The van der Waals surface area contributed by atoms with Crippen molar-refractivity contribution in [3.05, 3.63) is 0 Å². The molecule has 1 rings (SSSR count). The van der Waals surface area contributed by atoms with E-state index in [0.29, 0.717) is 0 Å². The average molecular weight is 199 g/mol. The average Bonchev–Trinajstić information content (AvgIpc) is 2.08. The van der Waals surface area contributed by atoms with Gasteiger partial charge >= 0.3 is 0 Å². The first kappa shape index (κ1) is 10.2. The highest BCUT2D eigenvalue weighted by atomic mass is 35.5. The molecule has 0 amide bonds. The Labute approximate surface area is 74.2 Å². The first-order valence-corrected chi connectivity index (χ1v) is 3.96. The molecule has 5 atom stereocenters. The second-order valence-electron chi connectivity index (χ2n) is 2.68. The second-order valence-corrected chi connectivity index (χ2v) is 3.11. The zero-order chi connectivity index (χ0) is 9.30. The molecule has 0 aromatic heterocycles. The van der Waals surface area contributed by atoms with Crippen LogP contribution in [0.5, 0.6) is 0 Å². The van der Waals surface area contributed by atoms with Crippen LogP contribution in [0.2, 0.25) is 0 Å². The molecule has 0 saturated carbocycles. The van der Waals surface area contributed by atoms with E-state index in [0.717, 1.165) is 0 Å². The Balaban J connectivity index is 2.63. The van der Waals surface area contributed by atoms with Crippen LogP contribution in [0.3, 0.4) is 0 Å². The molecule has 0 bridgehead atoms. The van der Waals surface area contributed by atoms with Crippen LogP contribution in [-0.2, 0) is 4.74 Å². The van der Waals surface area contributed by atoms with E-state index >= 15 is 0 Å². The number of ether oxygens (including phenoxy) is 1. The van der Waals surface area contributed by atoms with Crippen molar-refractivity contribution < 1.29 is 25.2 Å². The molecule has 1 heterocycles. The maximum atomic E-state index is 9.17. The highest BCUT2D eigenvalue weighted by molar-refractivity contribution is 6.20. The van der Waals surface area contributed by atoms with Crippen LogP contribution in [0.15, 0.2) is 0 Å². The van der Waals surface area contributed by atoms with Crippen LogP contribution in [0.1, 0.15) is 0 Å². The van der Waals surface area contributed by atoms with Gasteiger partial charge in [-0.2, -0.15) is 0 Å². The van der Waals surface area contributed by atoms with E-state index in [-0.39, 0.29) is 0 Å². The molecule has 5 nitrogen and oxygen atoms in total. The summed E-state index contributed by atoms with van der Waals surface area (Å²) < 4.78 is 4.79. The van der Waals surface area contributed by atoms with Gasteiger partial charge in [0.1, 0.15) is 24.4 Å². The van der Waals surface area contributed by atoms with Gasteiger partial charge in [0.2, 0.25) is 0 Å². The van der Waals surface area contributed by atoms with Crippen molar-refractivity contribution in [3.8, 4) is 0 Å². The fourth-order valence-electron chi connectivity index (χ4n) is 1.06. The van der Waals surface area contributed by atoms with Crippen LogP contribution in [-0.4, -0.2) is 57.0 Å². The van der Waals surface area contributed by atoms with Crippen molar-refractivity contribution >= 4 is 11.6 Å². The molecule has 1 aliphatic heterocycles. The lowest BCUT2D eigenvalue weighted by Crippen LogP contribution is -2.56. The molecular formula is C6H11ClO5. The summed E-state index contributed by atoms with van der Waals surface area (Å²) in [7, 11) is 0. The van der Waals surface area contributed by atoms with Gasteiger partial charge in [-0.3, -0.25) is 0 Å². The highest BCUT2D eigenvalue weighted by Gasteiger charge is 2.42. The smallest absolute Gasteiger partial charge is 0.160 e. The molecule has 0 aliphatic carbocycles. The molecule has 12 heavy (non-hydrogen) atoms. The van der Waals surface area contributed by atoms with Gasteiger partial charge in [0.25, 0.3) is 0 Å². The standard InChI is InChI=1S/C6H11ClO5/c7-6-5(11)4(10)3(9)2(1-8)12-6/h2-6,8-11H,1H2/t2-,3-,4+,5+,6+/m1/s1. The fraction of sp³-hybridized carbons (Fsp3) is 1.00. The number of halogens is 1. The topological polar surface area (TPSA) is 90.2 Å². The van der Waals surface area contributed by atoms with Crippen molar-refractivity contribution in [1.29, 1.82) is 0 Å². The third kappa shape index (κ3) is 1.71. The Morgan fingerprint density at radius 3 is 2.17 bits per heavy atom. The van der Waals surface area contributed by atoms with Crippen molar-refractivity contribution in [2.24, 2.45) is 0 Å². The van der Waals surface area contributed by atoms with E-state index in [1.165, 1.54) is 0 Å². The van der Waals surface area contributed by atoms with Gasteiger partial charge in [-0.15, -0.1) is 0 Å². The first-order valence-electron chi connectivity index (χ1n) is 3.52. The summed E-state index contributed by atoms with van der Waals surface area (Å²) >= 11 is 5.45. The van der Waals surface area contributed by atoms with Gasteiger partial charge in [0, 0.05) is 0 Å². The van der Waals surface area contributed by atoms with Crippen molar-refractivity contribution in [2.75, 3.05) is 6.61 Å². The molecule has 0 aromatic carbocycles. The molecule has 6 heteroatoms. The van der Waals surface area contributed by atoms with E-state index in [1.54, 1.807) is 0 Å². The van der Waals surface area contributed by atoms with E-state index < -0.39 is 36.6 Å². The summed E-state index contributed by atoms with van der Waals surface area (Å²) in [6, 6.07) is 0. The third-order valence-corrected chi connectivity index (χ3v) is 2.20. The van der Waals surface area contributed by atoms with Crippen LogP contribution in [0.25, 0.3) is 0 Å². The summed E-state index contributed by atoms with van der Waals surface area (Å²) in [4.78, 5) is 0. The highest BCUT2D eigenvalue weighted by Crippen LogP contribution is 2.22. The predicted octanol–water partition coefficient (Wildman–Crippen LogP) is -1.97. The number of aliphatic hydroxyl groups excluding tert-OH is 4. The maximum Gasteiger partial charge on any atom is 0.160 e. The minimum Gasteiger partial charge on any atom is -0.394 e. The van der Waals surface area contributed by atoms with Gasteiger partial charge in [-0.05, 0) is 0 Å². The van der Waals surface area contributed by atoms with E-state index in [1.807, 2.05) is 0 Å². The van der Waals surface area contributed by atoms with Crippen molar-refractivity contribution in [3.63, 3.8) is 0 Å². The Bertz CT molecular complexity index is 150. The van der Waals surface area contributed by atoms with E-state index in [2.05, 4.69) is 0 Å². The molecule has 0 radical (unpaired) electrons. The van der Waals surface area contributed by atoms with Crippen molar-refractivity contribution in [1.82, 2.24) is 0 Å². The maximum absolute atomic E-state index is 9.17. The third-order valence-electron chi connectivity index (χ3n) is 1.83. The summed E-state index contributed by atoms with van der Waals surface area (Å²) in [5.41, 5.74) is -1.10. The lowest BCUT2D eigenvalue weighted by Gasteiger charge is -2.37. The molecular weight excluding hydrogens is 188 g/mol. The molecule has 1 fully saturated rings. The Kier molecular flexibility index (Phi) is 3.28. The zero-order valence-electron chi connectivity index (χ0n) is 6.17. The number of aliphatic hydroxyl groups is 4. The van der Waals surface area contributed by atoms with Gasteiger partial charge in [-0.25, -0.2) is 0 Å². The predicted molar refractivity (Wildman–Crippen MR) is 39.6 cm³/mol. The van der Waals surface area contributed by atoms with E-state index in [4.69, 9.17) is 31.7 Å². The van der Waals surface area contributed by atoms with Crippen LogP contribution in [0.4, 0.5) is 0 Å². The SMILES string of the molecule is OC[C@H]1O[C@H](Cl)[C@@H](O)[C@@H](O)[C@@H]1O. The summed E-state index contributed by atoms with van der Waals surface area (Å²) in [5, 5.41) is 36.0. The van der Waals surface area contributed by atoms with Gasteiger partial charge in [-0.1, -0.05) is 11.6 Å². The lowest BCUT2D eigenvalue weighted by atomic mass is 10.0. The number of alkyl halides is 1. The monoisotopic (exact) mass is 198 g/mol. The largest absolute Gasteiger partial charge is 0.394 e. The summed E-state index contributed by atoms with van der Waals surface area (Å²) in [6.45, 7) is -0.450. The normalized spacial score (nSPS) is 49.2. The Hall–Kier alpha value is 0.0900. The molecule has 4 N–H and O–H groups in total. The van der Waals surface area contributed by atoms with Crippen molar-refractivity contribution in [2.45, 2.75) is 30.0 Å². The molecule has 0 unspecified atom stereocenters. The van der Waals surface area contributed by atoms with Gasteiger partial charge in [0.05, 0.1) is 6.61 Å². The van der Waals surface area contributed by atoms with Gasteiger partial charge < -0.3 is 25.2 Å². The van der Waals surface area contributed by atoms with Crippen LogP contribution < -0.4 is 0 Å². The minimum atomic E-state index is -1.38. The van der Waals surface area contributed by atoms with Gasteiger partial charge in [0.15, 0.2) is 5.56 Å². The first-order chi connectivity index (χ1) is 5.57. The number of hydrogen-bond acceptors (Lipinski definition) is 5. The number of hydrogen-bond donors (Lipinski definition) is 4. The zero-order valence-corrected chi connectivity index (χ0v) is 6.92. The second kappa shape index (κ2) is 3.87. The lowest BCUT2D eigenvalue weighted by molar-refractivity contribution is -0.207. The molecule has 0 spiro atoms. The minimum absolute atomic E-state index is 0.450. The molecule has 1 aliphatic rings. The Morgan fingerprint density at radius 2 is 1.67 bits per heavy atom. The molecule has 1 saturated heterocycles. The summed E-state index contributed by atoms with van der Waals surface area (Å²) in [5.74, 6) is 0. The fourth-order valence-corrected chi connectivity index (χ4v) is 1.34.